The second kappa shape index (κ2) is 6.93. The zero-order valence-electron chi connectivity index (χ0n) is 13.6. The molecule has 1 saturated heterocycles. The van der Waals surface area contributed by atoms with E-state index >= 15 is 0 Å². The van der Waals surface area contributed by atoms with E-state index in [9.17, 15) is 0 Å². The van der Waals surface area contributed by atoms with Gasteiger partial charge in [-0.25, -0.2) is 0 Å². The van der Waals surface area contributed by atoms with Gasteiger partial charge in [-0.2, -0.15) is 0 Å². The van der Waals surface area contributed by atoms with Crippen LogP contribution in [0.5, 0.6) is 0 Å². The second-order valence-electron chi connectivity index (χ2n) is 6.19. The van der Waals surface area contributed by atoms with Crippen molar-refractivity contribution in [3.63, 3.8) is 0 Å². The minimum atomic E-state index is 1.05. The van der Waals surface area contributed by atoms with E-state index < -0.39 is 0 Å². The summed E-state index contributed by atoms with van der Waals surface area (Å²) in [6, 6.07) is 12.9. The average Bonchev–Trinajstić information content (AvgIpc) is 2.57. The molecule has 0 atom stereocenters. The summed E-state index contributed by atoms with van der Waals surface area (Å²) < 4.78 is 0. The molecule has 3 nitrogen and oxygen atoms in total. The van der Waals surface area contributed by atoms with Gasteiger partial charge >= 0.3 is 0 Å². The van der Waals surface area contributed by atoms with Crippen molar-refractivity contribution in [3.8, 4) is 0 Å². The Morgan fingerprint density at radius 1 is 1.00 bits per heavy atom. The summed E-state index contributed by atoms with van der Waals surface area (Å²) in [4.78, 5) is 9.49. The van der Waals surface area contributed by atoms with Crippen LogP contribution in [-0.4, -0.2) is 42.6 Å². The number of benzene rings is 1. The molecule has 0 bridgehead atoms. The Hall–Kier alpha value is -1.87. The first kappa shape index (κ1) is 15.0. The van der Waals surface area contributed by atoms with E-state index in [0.29, 0.717) is 0 Å². The third-order valence-electron chi connectivity index (χ3n) is 4.49. The van der Waals surface area contributed by atoms with Gasteiger partial charge in [-0.1, -0.05) is 18.2 Å². The van der Waals surface area contributed by atoms with Gasteiger partial charge in [-0.15, -0.1) is 0 Å². The Bertz CT molecular complexity index is 601. The average molecular weight is 295 g/mol. The molecular formula is C19H25N3. The Morgan fingerprint density at radius 2 is 1.82 bits per heavy atom. The summed E-state index contributed by atoms with van der Waals surface area (Å²) in [5.41, 5.74) is 5.33. The van der Waals surface area contributed by atoms with Crippen molar-refractivity contribution < 1.29 is 0 Å². The molecule has 1 fully saturated rings. The third-order valence-corrected chi connectivity index (χ3v) is 4.49. The van der Waals surface area contributed by atoms with Crippen LogP contribution in [0.3, 0.4) is 0 Å². The van der Waals surface area contributed by atoms with Crippen molar-refractivity contribution in [2.24, 2.45) is 0 Å². The lowest BCUT2D eigenvalue weighted by Crippen LogP contribution is -2.47. The molecule has 2 heterocycles. The molecule has 0 aliphatic carbocycles. The van der Waals surface area contributed by atoms with Crippen molar-refractivity contribution in [2.75, 3.05) is 37.6 Å². The highest BCUT2D eigenvalue weighted by Gasteiger charge is 2.18. The van der Waals surface area contributed by atoms with Crippen LogP contribution < -0.4 is 4.90 Å². The maximum Gasteiger partial charge on any atom is 0.0416 e. The predicted octanol–water partition coefficient (Wildman–Crippen LogP) is 3.06. The van der Waals surface area contributed by atoms with Gasteiger partial charge in [0.2, 0.25) is 0 Å². The molecule has 0 amide bonds. The van der Waals surface area contributed by atoms with Crippen molar-refractivity contribution in [1.82, 2.24) is 9.88 Å². The quantitative estimate of drug-likeness (QED) is 0.864. The number of anilines is 1. The molecule has 1 aliphatic heterocycles. The number of nitrogens with zero attached hydrogens (tertiary/aromatic N) is 3. The van der Waals surface area contributed by atoms with E-state index in [1.165, 1.54) is 22.5 Å². The van der Waals surface area contributed by atoms with Gasteiger partial charge in [-0.3, -0.25) is 9.88 Å². The Kier molecular flexibility index (Phi) is 4.74. The molecule has 0 unspecified atom stereocenters. The highest BCUT2D eigenvalue weighted by atomic mass is 15.3. The SMILES string of the molecule is Cc1ccc(C)c(N2CCN(CCc3ccccn3)CC2)c1. The van der Waals surface area contributed by atoms with E-state index in [2.05, 4.69) is 59.0 Å². The summed E-state index contributed by atoms with van der Waals surface area (Å²) in [6.45, 7) is 10.0. The molecule has 3 rings (SSSR count). The van der Waals surface area contributed by atoms with E-state index in [-0.39, 0.29) is 0 Å². The molecule has 0 N–H and O–H groups in total. The molecule has 116 valence electrons. The second-order valence-corrected chi connectivity index (χ2v) is 6.19. The number of hydrogen-bond acceptors (Lipinski definition) is 3. The van der Waals surface area contributed by atoms with Crippen LogP contribution in [0.25, 0.3) is 0 Å². The number of aryl methyl sites for hydroxylation is 2. The molecule has 22 heavy (non-hydrogen) atoms. The lowest BCUT2D eigenvalue weighted by atomic mass is 10.1. The zero-order valence-corrected chi connectivity index (χ0v) is 13.6. The van der Waals surface area contributed by atoms with Crippen LogP contribution in [0, 0.1) is 13.8 Å². The molecule has 0 radical (unpaired) electrons. The van der Waals surface area contributed by atoms with Crippen LogP contribution >= 0.6 is 0 Å². The fourth-order valence-corrected chi connectivity index (χ4v) is 3.09. The van der Waals surface area contributed by atoms with Gasteiger partial charge in [0.1, 0.15) is 0 Å². The first-order valence-corrected chi connectivity index (χ1v) is 8.17. The van der Waals surface area contributed by atoms with E-state index in [4.69, 9.17) is 0 Å². The summed E-state index contributed by atoms with van der Waals surface area (Å²) in [5.74, 6) is 0. The lowest BCUT2D eigenvalue weighted by Gasteiger charge is -2.37. The van der Waals surface area contributed by atoms with Crippen molar-refractivity contribution in [2.45, 2.75) is 20.3 Å². The maximum atomic E-state index is 4.41. The number of piperazine rings is 1. The van der Waals surface area contributed by atoms with Crippen molar-refractivity contribution in [1.29, 1.82) is 0 Å². The molecule has 0 saturated carbocycles. The van der Waals surface area contributed by atoms with Crippen molar-refractivity contribution >= 4 is 5.69 Å². The highest BCUT2D eigenvalue weighted by molar-refractivity contribution is 5.55. The summed E-state index contributed by atoms with van der Waals surface area (Å²) in [7, 11) is 0. The lowest BCUT2D eigenvalue weighted by molar-refractivity contribution is 0.260. The van der Waals surface area contributed by atoms with Crippen molar-refractivity contribution in [3.05, 3.63) is 59.4 Å². The third kappa shape index (κ3) is 3.66. The number of hydrogen-bond donors (Lipinski definition) is 0. The van der Waals surface area contributed by atoms with Crippen LogP contribution in [0.15, 0.2) is 42.6 Å². The molecule has 1 aliphatic rings. The Balaban J connectivity index is 1.53. The van der Waals surface area contributed by atoms with E-state index in [1.807, 2.05) is 12.3 Å². The van der Waals surface area contributed by atoms with Crippen LogP contribution in [0.2, 0.25) is 0 Å². The minimum absolute atomic E-state index is 1.05. The molecule has 1 aromatic heterocycles. The first-order valence-electron chi connectivity index (χ1n) is 8.17. The largest absolute Gasteiger partial charge is 0.369 e. The Morgan fingerprint density at radius 3 is 2.55 bits per heavy atom. The maximum absolute atomic E-state index is 4.41. The molecular weight excluding hydrogens is 270 g/mol. The van der Waals surface area contributed by atoms with E-state index in [1.54, 1.807) is 0 Å². The summed E-state index contributed by atoms with van der Waals surface area (Å²) >= 11 is 0. The van der Waals surface area contributed by atoms with Gasteiger partial charge in [0.05, 0.1) is 0 Å². The fourth-order valence-electron chi connectivity index (χ4n) is 3.09. The smallest absolute Gasteiger partial charge is 0.0416 e. The topological polar surface area (TPSA) is 19.4 Å². The van der Waals surface area contributed by atoms with Gasteiger partial charge in [0.15, 0.2) is 0 Å². The Labute approximate surface area is 133 Å². The van der Waals surface area contributed by atoms with Gasteiger partial charge in [0.25, 0.3) is 0 Å². The van der Waals surface area contributed by atoms with Gasteiger partial charge in [-0.05, 0) is 43.2 Å². The van der Waals surface area contributed by atoms with Gasteiger partial charge < -0.3 is 4.90 Å². The fraction of sp³-hybridized carbons (Fsp3) is 0.421. The van der Waals surface area contributed by atoms with Crippen LogP contribution in [-0.2, 0) is 6.42 Å². The molecule has 1 aromatic carbocycles. The number of rotatable bonds is 4. The molecule has 0 spiro atoms. The van der Waals surface area contributed by atoms with Gasteiger partial charge in [0, 0.05) is 56.7 Å². The molecule has 2 aromatic rings. The summed E-state index contributed by atoms with van der Waals surface area (Å²) in [6.07, 6.45) is 2.93. The minimum Gasteiger partial charge on any atom is -0.369 e. The summed E-state index contributed by atoms with van der Waals surface area (Å²) in [5, 5.41) is 0. The van der Waals surface area contributed by atoms with E-state index in [0.717, 1.165) is 39.1 Å². The van der Waals surface area contributed by atoms with Crippen LogP contribution in [0.4, 0.5) is 5.69 Å². The normalized spacial score (nSPS) is 16.0. The highest BCUT2D eigenvalue weighted by Crippen LogP contribution is 2.22. The number of aromatic nitrogens is 1. The van der Waals surface area contributed by atoms with Crippen LogP contribution in [0.1, 0.15) is 16.8 Å². The zero-order chi connectivity index (χ0) is 15.4. The monoisotopic (exact) mass is 295 g/mol. The molecule has 3 heteroatoms. The predicted molar refractivity (Wildman–Crippen MR) is 92.5 cm³/mol. The number of pyridine rings is 1. The standard InChI is InChI=1S/C19H25N3/c1-16-6-7-17(2)19(15-16)22-13-11-21(12-14-22)10-8-18-5-3-4-9-20-18/h3-7,9,15H,8,10-14H2,1-2H3. The first-order chi connectivity index (χ1) is 10.7.